The van der Waals surface area contributed by atoms with Crippen LogP contribution in [0.4, 0.5) is 0 Å². The number of benzene rings is 2. The number of hydrogen-bond acceptors (Lipinski definition) is 2. The Balaban J connectivity index is 1.98. The standard InChI is InChI=1S/C13H8IO2/c1-2-4-10-8(3-1)9-5-12-13(16-7-15-12)6-11(9)14-10/h1-6H,7H2/q+1. The van der Waals surface area contributed by atoms with E-state index in [4.69, 9.17) is 9.47 Å². The van der Waals surface area contributed by atoms with Gasteiger partial charge in [0.15, 0.2) is 11.5 Å². The van der Waals surface area contributed by atoms with Crippen LogP contribution < -0.4 is 30.7 Å². The smallest absolute Gasteiger partial charge is 0.359 e. The quantitative estimate of drug-likeness (QED) is 0.521. The average molecular weight is 323 g/mol. The third-order valence-electron chi connectivity index (χ3n) is 2.83. The minimum atomic E-state index is -0.0407. The summed E-state index contributed by atoms with van der Waals surface area (Å²) in [6.07, 6.45) is 0. The fourth-order valence-corrected chi connectivity index (χ4v) is 5.02. The highest BCUT2D eigenvalue weighted by Gasteiger charge is 2.35. The van der Waals surface area contributed by atoms with E-state index in [9.17, 15) is 0 Å². The van der Waals surface area contributed by atoms with Crippen molar-refractivity contribution in [2.24, 2.45) is 0 Å². The van der Waals surface area contributed by atoms with Gasteiger partial charge >= 0.3 is 21.2 Å². The summed E-state index contributed by atoms with van der Waals surface area (Å²) >= 11 is -0.0407. The van der Waals surface area contributed by atoms with E-state index in [0.29, 0.717) is 6.79 Å². The van der Waals surface area contributed by atoms with Gasteiger partial charge in [0.05, 0.1) is 0 Å². The molecule has 0 spiro atoms. The number of ether oxygens (including phenoxy) is 2. The third-order valence-corrected chi connectivity index (χ3v) is 5.83. The maximum absolute atomic E-state index is 5.43. The largest absolute Gasteiger partial charge is 0.454 e. The van der Waals surface area contributed by atoms with Crippen LogP contribution in [0.1, 0.15) is 0 Å². The molecule has 0 radical (unpaired) electrons. The molecular formula is C13H8IO2+. The Hall–Kier alpha value is -1.23. The van der Waals surface area contributed by atoms with Gasteiger partial charge in [0.25, 0.3) is 0 Å². The van der Waals surface area contributed by atoms with Gasteiger partial charge in [-0.15, -0.1) is 0 Å². The van der Waals surface area contributed by atoms with E-state index >= 15 is 0 Å². The monoisotopic (exact) mass is 323 g/mol. The molecule has 0 N–H and O–H groups in total. The van der Waals surface area contributed by atoms with E-state index in [-0.39, 0.29) is 21.2 Å². The normalized spacial score (nSPS) is 14.8. The fraction of sp³-hybridized carbons (Fsp3) is 0.0769. The Morgan fingerprint density at radius 3 is 2.62 bits per heavy atom. The summed E-state index contributed by atoms with van der Waals surface area (Å²) in [5, 5.41) is 0. The van der Waals surface area contributed by atoms with E-state index < -0.39 is 0 Å². The molecule has 0 amide bonds. The molecule has 0 unspecified atom stereocenters. The van der Waals surface area contributed by atoms with Crippen molar-refractivity contribution >= 4 is 0 Å². The first-order chi connectivity index (χ1) is 7.92. The van der Waals surface area contributed by atoms with Crippen LogP contribution in [0.15, 0.2) is 36.4 Å². The topological polar surface area (TPSA) is 18.5 Å². The van der Waals surface area contributed by atoms with Gasteiger partial charge in [-0.25, -0.2) is 0 Å². The SMILES string of the molecule is c1ccc2c(c1)[I+]c1cc3c(cc1-2)OCO3. The maximum atomic E-state index is 5.43. The second-order valence-electron chi connectivity index (χ2n) is 3.76. The molecule has 0 saturated heterocycles. The van der Waals surface area contributed by atoms with E-state index in [1.807, 2.05) is 0 Å². The summed E-state index contributed by atoms with van der Waals surface area (Å²) in [5.74, 6) is 1.80. The molecule has 0 fully saturated rings. The first-order valence-electron chi connectivity index (χ1n) is 5.10. The Morgan fingerprint density at radius 1 is 0.875 bits per heavy atom. The molecule has 2 aliphatic heterocycles. The second kappa shape index (κ2) is 3.13. The van der Waals surface area contributed by atoms with Crippen molar-refractivity contribution in [3.63, 3.8) is 0 Å². The molecule has 2 heterocycles. The summed E-state index contributed by atoms with van der Waals surface area (Å²) in [6.45, 7) is 0.359. The van der Waals surface area contributed by atoms with Crippen LogP contribution in [0.25, 0.3) is 11.1 Å². The lowest BCUT2D eigenvalue weighted by molar-refractivity contribution is -0.589. The van der Waals surface area contributed by atoms with Crippen molar-refractivity contribution in [3.05, 3.63) is 43.5 Å². The highest BCUT2D eigenvalue weighted by atomic mass is 127. The lowest BCUT2D eigenvalue weighted by atomic mass is 10.1. The Bertz CT molecular complexity index is 592. The first kappa shape index (κ1) is 8.87. The first-order valence-corrected chi connectivity index (χ1v) is 7.25. The number of halogens is 1. The van der Waals surface area contributed by atoms with Crippen LogP contribution in [0.2, 0.25) is 0 Å². The van der Waals surface area contributed by atoms with E-state index in [1.54, 1.807) is 0 Å². The van der Waals surface area contributed by atoms with Crippen molar-refractivity contribution in [2.75, 3.05) is 6.79 Å². The maximum Gasteiger partial charge on any atom is 0.359 e. The van der Waals surface area contributed by atoms with E-state index in [0.717, 1.165) is 11.5 Å². The summed E-state index contributed by atoms with van der Waals surface area (Å²) in [5.41, 5.74) is 2.72. The van der Waals surface area contributed by atoms with Crippen molar-refractivity contribution in [3.8, 4) is 22.6 Å². The van der Waals surface area contributed by atoms with Crippen LogP contribution in [-0.4, -0.2) is 6.79 Å². The van der Waals surface area contributed by atoms with Gasteiger partial charge in [-0.1, -0.05) is 12.1 Å². The van der Waals surface area contributed by atoms with Gasteiger partial charge < -0.3 is 9.47 Å². The van der Waals surface area contributed by atoms with Crippen LogP contribution in [0, 0.1) is 7.14 Å². The number of rotatable bonds is 0. The molecule has 2 nitrogen and oxygen atoms in total. The molecule has 2 aliphatic rings. The Kier molecular flexibility index (Phi) is 1.74. The highest BCUT2D eigenvalue weighted by Crippen LogP contribution is 2.36. The second-order valence-corrected chi connectivity index (χ2v) is 6.62. The lowest BCUT2D eigenvalue weighted by Gasteiger charge is -1.97. The zero-order valence-corrected chi connectivity index (χ0v) is 10.5. The van der Waals surface area contributed by atoms with E-state index in [2.05, 4.69) is 36.4 Å². The van der Waals surface area contributed by atoms with Crippen LogP contribution in [-0.2, 0) is 0 Å². The minimum Gasteiger partial charge on any atom is -0.454 e. The van der Waals surface area contributed by atoms with Crippen molar-refractivity contribution in [1.29, 1.82) is 0 Å². The summed E-state index contributed by atoms with van der Waals surface area (Å²) in [7, 11) is 0. The van der Waals surface area contributed by atoms with Crippen LogP contribution in [0.3, 0.4) is 0 Å². The van der Waals surface area contributed by atoms with Crippen molar-refractivity contribution in [2.45, 2.75) is 0 Å². The fourth-order valence-electron chi connectivity index (χ4n) is 2.07. The molecule has 2 aromatic carbocycles. The Morgan fingerprint density at radius 2 is 1.69 bits per heavy atom. The van der Waals surface area contributed by atoms with Gasteiger partial charge in [-0.05, 0) is 18.2 Å². The van der Waals surface area contributed by atoms with Crippen LogP contribution >= 0.6 is 0 Å². The van der Waals surface area contributed by atoms with Gasteiger partial charge in [0.2, 0.25) is 13.9 Å². The zero-order chi connectivity index (χ0) is 10.5. The summed E-state index contributed by atoms with van der Waals surface area (Å²) in [6, 6.07) is 12.9. The Labute approximate surface area is 103 Å². The molecule has 0 bridgehead atoms. The van der Waals surface area contributed by atoms with E-state index in [1.165, 1.54) is 18.3 Å². The van der Waals surface area contributed by atoms with Gasteiger partial charge in [0.1, 0.15) is 0 Å². The molecule has 0 aromatic heterocycles. The van der Waals surface area contributed by atoms with Crippen molar-refractivity contribution in [1.82, 2.24) is 0 Å². The zero-order valence-electron chi connectivity index (χ0n) is 8.37. The lowest BCUT2D eigenvalue weighted by Crippen LogP contribution is -3.61. The van der Waals surface area contributed by atoms with Crippen LogP contribution in [0.5, 0.6) is 11.5 Å². The van der Waals surface area contributed by atoms with Gasteiger partial charge in [0, 0.05) is 17.2 Å². The average Bonchev–Trinajstić information content (AvgIpc) is 2.88. The molecule has 0 saturated carbocycles. The summed E-state index contributed by atoms with van der Waals surface area (Å²) < 4.78 is 13.8. The minimum absolute atomic E-state index is 0.0407. The molecule has 0 atom stereocenters. The highest BCUT2D eigenvalue weighted by molar-refractivity contribution is 5.68. The molecule has 2 aromatic rings. The molecule has 3 heteroatoms. The molecular weight excluding hydrogens is 315 g/mol. The molecule has 78 valence electrons. The summed E-state index contributed by atoms with van der Waals surface area (Å²) in [4.78, 5) is 0. The number of fused-ring (bicyclic) bond motifs is 4. The molecule has 4 rings (SSSR count). The molecule has 0 aliphatic carbocycles. The molecule has 16 heavy (non-hydrogen) atoms. The van der Waals surface area contributed by atoms with Crippen molar-refractivity contribution < 1.29 is 30.7 Å². The number of hydrogen-bond donors (Lipinski definition) is 0. The predicted molar refractivity (Wildman–Crippen MR) is 55.4 cm³/mol. The van der Waals surface area contributed by atoms with Gasteiger partial charge in [-0.3, -0.25) is 0 Å². The predicted octanol–water partition coefficient (Wildman–Crippen LogP) is -0.476. The third kappa shape index (κ3) is 1.12. The van der Waals surface area contributed by atoms with Gasteiger partial charge in [-0.2, -0.15) is 0 Å².